The monoisotopic (exact) mass is 1010 g/mol. The Kier molecular flexibility index (Phi) is 12.4. The standard InChI is InChI=1S/C48H54BrN11O7S/c1-29-25-38(52-48-50-28-36(49)44(54-48)51-37-6-4-5-30-11-20-59(43(30)37)68(3,65)66)41(67-2)27-40(29)58-18-14-32(15-19-58)57-23-21-56(22-24-57)31-12-16-55(17-13-31)33-7-8-34-35(26-33)47(64)60(46(34)63)39-9-10-42(61)53-45(39)62/h4-8,11,20,25-28,31-32,39H,9-10,12-19,21-24H2,1-3H3,(H,53,61,62)(H2,50,51,52,54). The third-order valence-corrected chi connectivity index (χ3v) is 15.8. The van der Waals surface area contributed by atoms with Crippen molar-refractivity contribution in [3.05, 3.63) is 88.2 Å². The zero-order valence-electron chi connectivity index (χ0n) is 38.2. The number of piperazine rings is 1. The summed E-state index contributed by atoms with van der Waals surface area (Å²) >= 11 is 3.55. The Balaban J connectivity index is 0.712. The van der Waals surface area contributed by atoms with E-state index >= 15 is 0 Å². The minimum absolute atomic E-state index is 0.0925. The lowest BCUT2D eigenvalue weighted by atomic mass is 9.98. The van der Waals surface area contributed by atoms with Crippen molar-refractivity contribution in [3.8, 4) is 5.75 Å². The number of aromatic nitrogens is 3. The molecule has 10 rings (SSSR count). The van der Waals surface area contributed by atoms with Gasteiger partial charge >= 0.3 is 0 Å². The Labute approximate surface area is 403 Å². The van der Waals surface area contributed by atoms with Crippen molar-refractivity contribution in [1.82, 2.24) is 34.0 Å². The van der Waals surface area contributed by atoms with Gasteiger partial charge in [0.25, 0.3) is 11.8 Å². The summed E-state index contributed by atoms with van der Waals surface area (Å²) in [6.45, 7) is 9.85. The van der Waals surface area contributed by atoms with E-state index in [2.05, 4.69) is 75.5 Å². The molecule has 2 aromatic heterocycles. The number of piperidine rings is 3. The molecule has 68 heavy (non-hydrogen) atoms. The number of fused-ring (bicyclic) bond motifs is 2. The first-order valence-corrected chi connectivity index (χ1v) is 25.8. The number of nitrogens with one attached hydrogen (secondary N) is 3. The van der Waals surface area contributed by atoms with Gasteiger partial charge in [-0.2, -0.15) is 4.98 Å². The Hall–Kier alpha value is -6.09. The lowest BCUT2D eigenvalue weighted by Crippen LogP contribution is -2.56. The van der Waals surface area contributed by atoms with Crippen LogP contribution in [0.2, 0.25) is 0 Å². The molecule has 5 aliphatic heterocycles. The first-order valence-electron chi connectivity index (χ1n) is 23.1. The number of nitrogens with zero attached hydrogens (tertiary/aromatic N) is 8. The van der Waals surface area contributed by atoms with Crippen LogP contribution in [0.4, 0.5) is 34.5 Å². The van der Waals surface area contributed by atoms with Gasteiger partial charge in [0.2, 0.25) is 27.8 Å². The summed E-state index contributed by atoms with van der Waals surface area (Å²) in [6, 6.07) is 16.9. The number of amides is 4. The fourth-order valence-electron chi connectivity index (χ4n) is 10.7. The summed E-state index contributed by atoms with van der Waals surface area (Å²) in [4.78, 5) is 71.2. The fraction of sp³-hybridized carbons (Fsp3) is 0.417. The van der Waals surface area contributed by atoms with Crippen LogP contribution in [0.15, 0.2) is 71.5 Å². The Morgan fingerprint density at radius 3 is 2.12 bits per heavy atom. The quantitative estimate of drug-likeness (QED) is 0.141. The van der Waals surface area contributed by atoms with Gasteiger partial charge in [-0.05, 0) is 96.9 Å². The number of carbonyl (C=O) groups excluding carboxylic acids is 4. The van der Waals surface area contributed by atoms with Gasteiger partial charge in [0.15, 0.2) is 0 Å². The van der Waals surface area contributed by atoms with Gasteiger partial charge < -0.3 is 25.2 Å². The molecular weight excluding hydrogens is 955 g/mol. The number of hydrogen-bond donors (Lipinski definition) is 3. The molecule has 0 spiro atoms. The zero-order chi connectivity index (χ0) is 47.4. The second-order valence-corrected chi connectivity index (χ2v) is 21.0. The molecular formula is C48H54BrN11O7S. The molecule has 0 aliphatic carbocycles. The molecule has 7 heterocycles. The molecule has 4 fully saturated rings. The molecule has 5 aliphatic rings. The highest BCUT2D eigenvalue weighted by atomic mass is 79.9. The van der Waals surface area contributed by atoms with Crippen LogP contribution < -0.4 is 30.5 Å². The maximum Gasteiger partial charge on any atom is 0.262 e. The second kappa shape index (κ2) is 18.4. The van der Waals surface area contributed by atoms with Crippen LogP contribution in [0.3, 0.4) is 0 Å². The number of anilines is 6. The second-order valence-electron chi connectivity index (χ2n) is 18.3. The number of methoxy groups -OCH3 is 1. The average Bonchev–Trinajstić information content (AvgIpc) is 3.89. The van der Waals surface area contributed by atoms with E-state index in [1.807, 2.05) is 24.3 Å². The van der Waals surface area contributed by atoms with E-state index in [1.165, 1.54) is 10.2 Å². The summed E-state index contributed by atoms with van der Waals surface area (Å²) in [5.41, 5.74) is 5.60. The molecule has 0 saturated carbocycles. The maximum atomic E-state index is 13.4. The molecule has 0 radical (unpaired) electrons. The van der Waals surface area contributed by atoms with E-state index in [4.69, 9.17) is 9.72 Å². The minimum Gasteiger partial charge on any atom is -0.494 e. The van der Waals surface area contributed by atoms with E-state index in [9.17, 15) is 27.6 Å². The van der Waals surface area contributed by atoms with Crippen molar-refractivity contribution >= 4 is 95.0 Å². The minimum atomic E-state index is -3.54. The highest BCUT2D eigenvalue weighted by Crippen LogP contribution is 2.38. The van der Waals surface area contributed by atoms with Crippen LogP contribution in [-0.2, 0) is 19.6 Å². The first-order chi connectivity index (χ1) is 32.7. The number of aryl methyl sites for hydroxylation is 1. The third-order valence-electron chi connectivity index (χ3n) is 14.2. The number of rotatable bonds is 11. The number of imide groups is 2. The zero-order valence-corrected chi connectivity index (χ0v) is 40.6. The van der Waals surface area contributed by atoms with Gasteiger partial charge in [0, 0.05) is 106 Å². The molecule has 1 atom stereocenters. The molecule has 3 N–H and O–H groups in total. The smallest absolute Gasteiger partial charge is 0.262 e. The Morgan fingerprint density at radius 1 is 0.779 bits per heavy atom. The lowest BCUT2D eigenvalue weighted by molar-refractivity contribution is -0.136. The van der Waals surface area contributed by atoms with E-state index in [0.717, 1.165) is 111 Å². The van der Waals surface area contributed by atoms with E-state index in [1.54, 1.807) is 37.7 Å². The molecule has 18 nitrogen and oxygen atoms in total. The van der Waals surface area contributed by atoms with Crippen LogP contribution >= 0.6 is 15.9 Å². The molecule has 0 bridgehead atoms. The van der Waals surface area contributed by atoms with Gasteiger partial charge in [-0.25, -0.2) is 17.4 Å². The van der Waals surface area contributed by atoms with Gasteiger partial charge in [-0.3, -0.25) is 39.2 Å². The van der Waals surface area contributed by atoms with Crippen LogP contribution in [0.25, 0.3) is 10.9 Å². The van der Waals surface area contributed by atoms with E-state index in [-0.39, 0.29) is 18.7 Å². The molecule has 3 aromatic carbocycles. The third kappa shape index (κ3) is 8.78. The van der Waals surface area contributed by atoms with Gasteiger partial charge in [0.1, 0.15) is 17.6 Å². The van der Waals surface area contributed by atoms with Gasteiger partial charge in [0.05, 0.1) is 45.9 Å². The molecule has 20 heteroatoms. The highest BCUT2D eigenvalue weighted by Gasteiger charge is 2.45. The van der Waals surface area contributed by atoms with Crippen LogP contribution in [-0.4, -0.2) is 145 Å². The summed E-state index contributed by atoms with van der Waals surface area (Å²) in [5, 5.41) is 9.68. The predicted molar refractivity (Wildman–Crippen MR) is 263 cm³/mol. The first kappa shape index (κ1) is 45.7. The van der Waals surface area contributed by atoms with Crippen molar-refractivity contribution < 1.29 is 32.3 Å². The number of carbonyl (C=O) groups is 4. The van der Waals surface area contributed by atoms with Crippen molar-refractivity contribution in [3.63, 3.8) is 0 Å². The van der Waals surface area contributed by atoms with Crippen LogP contribution in [0.1, 0.15) is 64.8 Å². The Bertz CT molecular complexity index is 2940. The van der Waals surface area contributed by atoms with Crippen LogP contribution in [0, 0.1) is 6.92 Å². The molecule has 4 amide bonds. The van der Waals surface area contributed by atoms with E-state index < -0.39 is 33.8 Å². The van der Waals surface area contributed by atoms with Gasteiger partial charge in [-0.15, -0.1) is 0 Å². The molecule has 356 valence electrons. The lowest BCUT2D eigenvalue weighted by Gasteiger charge is -2.46. The van der Waals surface area contributed by atoms with Gasteiger partial charge in [-0.1, -0.05) is 12.1 Å². The van der Waals surface area contributed by atoms with Crippen molar-refractivity contribution in [2.24, 2.45) is 0 Å². The highest BCUT2D eigenvalue weighted by molar-refractivity contribution is 9.10. The SMILES string of the molecule is COc1cc(N2CCC(N3CCN(C4CCN(c5ccc6c(c5)C(=O)N(C5CCC(=O)NC5=O)C6=O)CC4)CC3)CC2)c(C)cc1Nc1ncc(Br)c(Nc2cccc3ccn(S(C)(=O)=O)c23)n1. The number of hydrogen-bond acceptors (Lipinski definition) is 15. The molecule has 4 saturated heterocycles. The largest absolute Gasteiger partial charge is 0.494 e. The van der Waals surface area contributed by atoms with Crippen LogP contribution in [0.5, 0.6) is 5.75 Å². The van der Waals surface area contributed by atoms with Crippen molar-refractivity contribution in [1.29, 1.82) is 0 Å². The summed E-state index contributed by atoms with van der Waals surface area (Å²) in [6.07, 6.45) is 8.77. The normalized spacial score (nSPS) is 20.3. The number of halogens is 1. The van der Waals surface area contributed by atoms with E-state index in [0.29, 0.717) is 56.4 Å². The molecule has 5 aromatic rings. The predicted octanol–water partition coefficient (Wildman–Crippen LogP) is 5.46. The number of ether oxygens (including phenoxy) is 1. The topological polar surface area (TPSA) is 195 Å². The maximum absolute atomic E-state index is 13.4. The van der Waals surface area contributed by atoms with Crippen molar-refractivity contribution in [2.45, 2.75) is 63.6 Å². The number of benzene rings is 3. The fourth-order valence-corrected chi connectivity index (χ4v) is 11.8. The summed E-state index contributed by atoms with van der Waals surface area (Å²) in [7, 11) is -1.88. The molecule has 1 unspecified atom stereocenters. The van der Waals surface area contributed by atoms with Crippen molar-refractivity contribution in [2.75, 3.05) is 86.2 Å². The summed E-state index contributed by atoms with van der Waals surface area (Å²) in [5.74, 6) is -0.477. The average molecular weight is 1010 g/mol. The Morgan fingerprint density at radius 2 is 1.46 bits per heavy atom. The number of para-hydroxylation sites is 1. The summed E-state index contributed by atoms with van der Waals surface area (Å²) < 4.78 is 32.9.